The molecule has 0 saturated carbocycles. The van der Waals surface area contributed by atoms with Crippen LogP contribution in [0.1, 0.15) is 27.3 Å². The summed E-state index contributed by atoms with van der Waals surface area (Å²) < 4.78 is 15.1. The first-order valence-electron chi connectivity index (χ1n) is 8.95. The largest absolute Gasteiger partial charge is 0.359 e. The van der Waals surface area contributed by atoms with E-state index in [1.807, 2.05) is 36.6 Å². The highest BCUT2D eigenvalue weighted by atomic mass is 19.1. The van der Waals surface area contributed by atoms with Crippen molar-refractivity contribution < 1.29 is 14.0 Å². The molecule has 1 aromatic heterocycles. The Morgan fingerprint density at radius 2 is 1.64 bits per heavy atom. The summed E-state index contributed by atoms with van der Waals surface area (Å²) in [4.78, 5) is 24.2. The molecule has 144 valence electrons. The molecule has 0 bridgehead atoms. The van der Waals surface area contributed by atoms with Gasteiger partial charge in [0.25, 0.3) is 5.91 Å². The van der Waals surface area contributed by atoms with Crippen molar-refractivity contribution in [2.75, 3.05) is 12.4 Å². The first-order chi connectivity index (χ1) is 13.4. The van der Waals surface area contributed by atoms with E-state index in [0.29, 0.717) is 17.7 Å². The van der Waals surface area contributed by atoms with Crippen molar-refractivity contribution in [2.45, 2.75) is 20.3 Å². The minimum atomic E-state index is -0.302. The maximum Gasteiger partial charge on any atom is 0.257 e. The Bertz CT molecular complexity index is 1010. The van der Waals surface area contributed by atoms with Crippen molar-refractivity contribution in [3.63, 3.8) is 0 Å². The van der Waals surface area contributed by atoms with Crippen LogP contribution in [0.4, 0.5) is 10.1 Å². The van der Waals surface area contributed by atoms with E-state index in [-0.39, 0.29) is 17.6 Å². The normalized spacial score (nSPS) is 10.6. The van der Waals surface area contributed by atoms with E-state index in [9.17, 15) is 14.0 Å². The Hall–Kier alpha value is -3.41. The smallest absolute Gasteiger partial charge is 0.257 e. The average Bonchev–Trinajstić information content (AvgIpc) is 2.98. The minimum Gasteiger partial charge on any atom is -0.359 e. The molecule has 3 aromatic rings. The van der Waals surface area contributed by atoms with Crippen LogP contribution >= 0.6 is 0 Å². The number of likely N-dealkylation sites (N-methyl/N-ethyl adjacent to an activating group) is 1. The summed E-state index contributed by atoms with van der Waals surface area (Å²) in [6, 6.07) is 15.1. The van der Waals surface area contributed by atoms with Crippen LogP contribution in [0.5, 0.6) is 0 Å². The van der Waals surface area contributed by atoms with E-state index in [2.05, 4.69) is 10.6 Å². The van der Waals surface area contributed by atoms with Crippen molar-refractivity contribution in [3.05, 3.63) is 82.9 Å². The number of carbonyl (C=O) groups excluding carboxylic acids is 2. The van der Waals surface area contributed by atoms with Gasteiger partial charge in [-0.3, -0.25) is 9.59 Å². The molecule has 2 amide bonds. The van der Waals surface area contributed by atoms with Crippen molar-refractivity contribution in [1.29, 1.82) is 0 Å². The van der Waals surface area contributed by atoms with Crippen LogP contribution in [0.25, 0.3) is 5.69 Å². The fourth-order valence-corrected chi connectivity index (χ4v) is 3.16. The molecule has 0 fully saturated rings. The lowest BCUT2D eigenvalue weighted by molar-refractivity contribution is -0.119. The van der Waals surface area contributed by atoms with Crippen molar-refractivity contribution in [3.8, 4) is 5.69 Å². The van der Waals surface area contributed by atoms with Crippen LogP contribution in [0.15, 0.2) is 54.6 Å². The van der Waals surface area contributed by atoms with Gasteiger partial charge in [0.05, 0.1) is 12.0 Å². The molecule has 5 nitrogen and oxygen atoms in total. The maximum absolute atomic E-state index is 13.2. The highest BCUT2D eigenvalue weighted by Crippen LogP contribution is 2.22. The van der Waals surface area contributed by atoms with Gasteiger partial charge in [-0.2, -0.15) is 0 Å². The Labute approximate surface area is 163 Å². The molecule has 0 saturated heterocycles. The molecule has 3 rings (SSSR count). The second-order valence-electron chi connectivity index (χ2n) is 6.60. The van der Waals surface area contributed by atoms with Gasteiger partial charge in [-0.05, 0) is 61.9 Å². The number of hydrogen-bond acceptors (Lipinski definition) is 2. The monoisotopic (exact) mass is 379 g/mol. The summed E-state index contributed by atoms with van der Waals surface area (Å²) in [5, 5.41) is 5.46. The molecular weight excluding hydrogens is 357 g/mol. The van der Waals surface area contributed by atoms with Gasteiger partial charge < -0.3 is 15.2 Å². The molecule has 0 radical (unpaired) electrons. The number of anilines is 1. The maximum atomic E-state index is 13.2. The number of halogens is 1. The second-order valence-corrected chi connectivity index (χ2v) is 6.60. The number of aromatic nitrogens is 1. The average molecular weight is 379 g/mol. The number of nitrogens with zero attached hydrogens (tertiary/aromatic N) is 1. The van der Waals surface area contributed by atoms with Crippen LogP contribution in [0, 0.1) is 19.7 Å². The molecule has 0 aliphatic rings. The number of rotatable bonds is 5. The summed E-state index contributed by atoms with van der Waals surface area (Å²) in [6.07, 6.45) is 0.295. The number of aryl methyl sites for hydroxylation is 1. The number of carbonyl (C=O) groups is 2. The Kier molecular flexibility index (Phi) is 5.59. The van der Waals surface area contributed by atoms with Crippen molar-refractivity contribution in [2.24, 2.45) is 0 Å². The molecule has 1 heterocycles. The Morgan fingerprint density at radius 1 is 1.00 bits per heavy atom. The molecule has 0 aliphatic carbocycles. The summed E-state index contributed by atoms with van der Waals surface area (Å²) in [7, 11) is 1.60. The van der Waals surface area contributed by atoms with Gasteiger partial charge in [-0.25, -0.2) is 4.39 Å². The Morgan fingerprint density at radius 3 is 2.25 bits per heavy atom. The van der Waals surface area contributed by atoms with Gasteiger partial charge in [0.1, 0.15) is 5.82 Å². The fraction of sp³-hybridized carbons (Fsp3) is 0.182. The molecule has 0 unspecified atom stereocenters. The summed E-state index contributed by atoms with van der Waals surface area (Å²) in [5.74, 6) is -0.588. The number of hydrogen-bond donors (Lipinski definition) is 2. The molecule has 0 aliphatic heterocycles. The van der Waals surface area contributed by atoms with E-state index in [1.165, 1.54) is 12.1 Å². The van der Waals surface area contributed by atoms with Crippen molar-refractivity contribution >= 4 is 17.5 Å². The van der Waals surface area contributed by atoms with Crippen LogP contribution in [-0.2, 0) is 11.2 Å². The lowest BCUT2D eigenvalue weighted by atomic mass is 10.1. The van der Waals surface area contributed by atoms with E-state index in [0.717, 1.165) is 22.6 Å². The molecule has 0 spiro atoms. The van der Waals surface area contributed by atoms with Gasteiger partial charge in [0, 0.05) is 29.8 Å². The van der Waals surface area contributed by atoms with Gasteiger partial charge in [0.2, 0.25) is 5.91 Å². The SMILES string of the molecule is CNC(=O)Cc1ccc(NC(=O)c2cc(C)n(-c3ccc(F)cc3)c2C)cc1. The fourth-order valence-electron chi connectivity index (χ4n) is 3.16. The third-order valence-corrected chi connectivity index (χ3v) is 4.62. The van der Waals surface area contributed by atoms with Gasteiger partial charge in [-0.1, -0.05) is 12.1 Å². The third-order valence-electron chi connectivity index (χ3n) is 4.62. The predicted octanol–water partition coefficient (Wildman–Crippen LogP) is 3.77. The number of benzene rings is 2. The van der Waals surface area contributed by atoms with E-state index >= 15 is 0 Å². The van der Waals surface area contributed by atoms with Crippen LogP contribution in [0.3, 0.4) is 0 Å². The molecule has 6 heteroatoms. The molecular formula is C22H22FN3O2. The third kappa shape index (κ3) is 4.11. The molecule has 0 atom stereocenters. The summed E-state index contributed by atoms with van der Waals surface area (Å²) in [5.41, 5.74) is 4.53. The van der Waals surface area contributed by atoms with Crippen LogP contribution in [-0.4, -0.2) is 23.4 Å². The first kappa shape index (κ1) is 19.4. The van der Waals surface area contributed by atoms with E-state index in [4.69, 9.17) is 0 Å². The number of amides is 2. The first-order valence-corrected chi connectivity index (χ1v) is 8.95. The zero-order valence-electron chi connectivity index (χ0n) is 16.0. The molecule has 2 N–H and O–H groups in total. The van der Waals surface area contributed by atoms with Crippen molar-refractivity contribution in [1.82, 2.24) is 9.88 Å². The number of nitrogens with one attached hydrogen (secondary N) is 2. The van der Waals surface area contributed by atoms with E-state index in [1.54, 1.807) is 31.3 Å². The standard InChI is InChI=1S/C22H22FN3O2/c1-14-12-20(15(2)26(14)19-10-6-17(23)7-11-19)22(28)25-18-8-4-16(5-9-18)13-21(27)24-3/h4-12H,13H2,1-3H3,(H,24,27)(H,25,28). The Balaban J connectivity index is 1.79. The summed E-state index contributed by atoms with van der Waals surface area (Å²) in [6.45, 7) is 3.76. The minimum absolute atomic E-state index is 0.0648. The van der Waals surface area contributed by atoms with E-state index < -0.39 is 0 Å². The zero-order chi connectivity index (χ0) is 20.3. The second kappa shape index (κ2) is 8.08. The predicted molar refractivity (Wildman–Crippen MR) is 107 cm³/mol. The van der Waals surface area contributed by atoms with Gasteiger partial charge in [0.15, 0.2) is 0 Å². The lowest BCUT2D eigenvalue weighted by Crippen LogP contribution is -2.19. The quantitative estimate of drug-likeness (QED) is 0.709. The lowest BCUT2D eigenvalue weighted by Gasteiger charge is -2.10. The summed E-state index contributed by atoms with van der Waals surface area (Å²) >= 11 is 0. The molecule has 2 aromatic carbocycles. The van der Waals surface area contributed by atoms with Crippen LogP contribution in [0.2, 0.25) is 0 Å². The van der Waals surface area contributed by atoms with Gasteiger partial charge >= 0.3 is 0 Å². The molecule has 28 heavy (non-hydrogen) atoms. The highest BCUT2D eigenvalue weighted by Gasteiger charge is 2.17. The van der Waals surface area contributed by atoms with Gasteiger partial charge in [-0.15, -0.1) is 0 Å². The topological polar surface area (TPSA) is 63.1 Å². The zero-order valence-corrected chi connectivity index (χ0v) is 16.0. The van der Waals surface area contributed by atoms with Crippen LogP contribution < -0.4 is 10.6 Å². The highest BCUT2D eigenvalue weighted by molar-refractivity contribution is 6.05.